The van der Waals surface area contributed by atoms with Crippen LogP contribution in [0, 0.1) is 11.6 Å². The predicted molar refractivity (Wildman–Crippen MR) is 83.5 cm³/mol. The quantitative estimate of drug-likeness (QED) is 0.834. The maximum absolute atomic E-state index is 14.1. The van der Waals surface area contributed by atoms with Gasteiger partial charge >= 0.3 is 0 Å². The number of piperidine rings is 1. The molecular formula is C17H16BrF2N. The molecule has 4 heteroatoms. The topological polar surface area (TPSA) is 12.0 Å². The van der Waals surface area contributed by atoms with Gasteiger partial charge in [-0.3, -0.25) is 0 Å². The second-order valence-corrected chi connectivity index (χ2v) is 6.26. The molecule has 21 heavy (non-hydrogen) atoms. The molecule has 0 aliphatic carbocycles. The molecule has 0 aromatic heterocycles. The Kier molecular flexibility index (Phi) is 4.36. The zero-order valence-corrected chi connectivity index (χ0v) is 13.0. The van der Waals surface area contributed by atoms with Gasteiger partial charge in [0, 0.05) is 12.5 Å². The van der Waals surface area contributed by atoms with E-state index < -0.39 is 0 Å². The highest BCUT2D eigenvalue weighted by Gasteiger charge is 2.29. The highest BCUT2D eigenvalue weighted by Crippen LogP contribution is 2.39. The van der Waals surface area contributed by atoms with E-state index in [2.05, 4.69) is 21.2 Å². The Morgan fingerprint density at radius 2 is 1.81 bits per heavy atom. The molecule has 2 aromatic rings. The van der Waals surface area contributed by atoms with E-state index in [4.69, 9.17) is 0 Å². The highest BCUT2D eigenvalue weighted by atomic mass is 79.9. The van der Waals surface area contributed by atoms with Crippen LogP contribution >= 0.6 is 15.9 Å². The van der Waals surface area contributed by atoms with Crippen LogP contribution in [0.1, 0.15) is 29.4 Å². The lowest BCUT2D eigenvalue weighted by Crippen LogP contribution is -2.34. The molecule has 1 fully saturated rings. The van der Waals surface area contributed by atoms with Crippen molar-refractivity contribution in [1.29, 1.82) is 0 Å². The average molecular weight is 352 g/mol. The molecule has 2 unspecified atom stereocenters. The number of hydrogen-bond acceptors (Lipinski definition) is 1. The molecule has 0 bridgehead atoms. The lowest BCUT2D eigenvalue weighted by Gasteiger charge is -2.33. The predicted octanol–water partition coefficient (Wildman–Crippen LogP) is 4.59. The summed E-state index contributed by atoms with van der Waals surface area (Å²) in [4.78, 5) is 0. The summed E-state index contributed by atoms with van der Waals surface area (Å²) in [6.07, 6.45) is 0.875. The first-order valence-corrected chi connectivity index (χ1v) is 7.86. The Balaban J connectivity index is 1.98. The van der Waals surface area contributed by atoms with Gasteiger partial charge in [-0.05, 0) is 64.1 Å². The van der Waals surface area contributed by atoms with Crippen molar-refractivity contribution in [2.75, 3.05) is 13.1 Å². The fourth-order valence-corrected chi connectivity index (χ4v) is 3.35. The van der Waals surface area contributed by atoms with Crippen LogP contribution in [0.2, 0.25) is 0 Å². The minimum absolute atomic E-state index is 0.0283. The van der Waals surface area contributed by atoms with Gasteiger partial charge in [-0.25, -0.2) is 8.78 Å². The van der Waals surface area contributed by atoms with Crippen molar-refractivity contribution in [1.82, 2.24) is 5.32 Å². The molecule has 110 valence electrons. The standard InChI is InChI=1S/C17H16BrF2N/c18-15-6-5-11(9-17(15)20)12-7-8-21-10-14(12)13-3-1-2-4-16(13)19/h1-6,9,12,14,21H,7-8,10H2. The molecule has 0 radical (unpaired) electrons. The van der Waals surface area contributed by atoms with Crippen molar-refractivity contribution in [3.63, 3.8) is 0 Å². The molecule has 1 aliphatic heterocycles. The van der Waals surface area contributed by atoms with Gasteiger partial charge in [0.1, 0.15) is 11.6 Å². The molecule has 0 amide bonds. The van der Waals surface area contributed by atoms with E-state index in [1.165, 1.54) is 6.07 Å². The maximum Gasteiger partial charge on any atom is 0.137 e. The fourth-order valence-electron chi connectivity index (χ4n) is 3.10. The lowest BCUT2D eigenvalue weighted by atomic mass is 9.77. The van der Waals surface area contributed by atoms with Crippen molar-refractivity contribution in [2.24, 2.45) is 0 Å². The Morgan fingerprint density at radius 1 is 1.00 bits per heavy atom. The van der Waals surface area contributed by atoms with Crippen molar-refractivity contribution in [3.8, 4) is 0 Å². The van der Waals surface area contributed by atoms with E-state index in [9.17, 15) is 8.78 Å². The van der Waals surface area contributed by atoms with Gasteiger partial charge in [0.25, 0.3) is 0 Å². The van der Waals surface area contributed by atoms with Gasteiger partial charge in [0.05, 0.1) is 4.47 Å². The Morgan fingerprint density at radius 3 is 2.57 bits per heavy atom. The van der Waals surface area contributed by atoms with E-state index in [-0.39, 0.29) is 23.5 Å². The molecule has 1 aliphatic rings. The normalized spacial score (nSPS) is 22.2. The maximum atomic E-state index is 14.1. The van der Waals surface area contributed by atoms with Gasteiger partial charge in [0.15, 0.2) is 0 Å². The van der Waals surface area contributed by atoms with E-state index in [1.54, 1.807) is 18.2 Å². The van der Waals surface area contributed by atoms with Crippen molar-refractivity contribution in [2.45, 2.75) is 18.3 Å². The van der Waals surface area contributed by atoms with Crippen LogP contribution in [0.15, 0.2) is 46.9 Å². The van der Waals surface area contributed by atoms with Gasteiger partial charge < -0.3 is 5.32 Å². The SMILES string of the molecule is Fc1cc(C2CCNCC2c2ccccc2F)ccc1Br. The summed E-state index contributed by atoms with van der Waals surface area (Å²) in [6.45, 7) is 1.58. The molecule has 2 atom stereocenters. The number of halogens is 3. The van der Waals surface area contributed by atoms with Crippen molar-refractivity contribution >= 4 is 15.9 Å². The summed E-state index contributed by atoms with van der Waals surface area (Å²) >= 11 is 3.18. The molecule has 2 aromatic carbocycles. The second-order valence-electron chi connectivity index (χ2n) is 5.40. The number of hydrogen-bond donors (Lipinski definition) is 1. The monoisotopic (exact) mass is 351 g/mol. The zero-order valence-electron chi connectivity index (χ0n) is 11.5. The minimum atomic E-state index is -0.265. The zero-order chi connectivity index (χ0) is 14.8. The Labute approximate surface area is 131 Å². The van der Waals surface area contributed by atoms with Crippen LogP contribution in [0.4, 0.5) is 8.78 Å². The summed E-state index contributed by atoms with van der Waals surface area (Å²) in [5.41, 5.74) is 1.64. The summed E-state index contributed by atoms with van der Waals surface area (Å²) in [6, 6.07) is 12.1. The van der Waals surface area contributed by atoms with Crippen LogP contribution in [0.25, 0.3) is 0 Å². The Hall–Kier alpha value is -1.26. The van der Waals surface area contributed by atoms with Crippen molar-refractivity contribution < 1.29 is 8.78 Å². The van der Waals surface area contributed by atoms with Crippen LogP contribution in [-0.2, 0) is 0 Å². The van der Waals surface area contributed by atoms with Gasteiger partial charge in [0.2, 0.25) is 0 Å². The third kappa shape index (κ3) is 3.01. The van der Waals surface area contributed by atoms with E-state index >= 15 is 0 Å². The number of nitrogens with one attached hydrogen (secondary N) is 1. The molecule has 1 heterocycles. The molecule has 1 saturated heterocycles. The lowest BCUT2D eigenvalue weighted by molar-refractivity contribution is 0.392. The smallest absolute Gasteiger partial charge is 0.137 e. The van der Waals surface area contributed by atoms with Crippen LogP contribution in [0.5, 0.6) is 0 Å². The minimum Gasteiger partial charge on any atom is -0.316 e. The molecule has 1 N–H and O–H groups in total. The number of benzene rings is 2. The molecule has 1 nitrogen and oxygen atoms in total. The average Bonchev–Trinajstić information content (AvgIpc) is 2.51. The largest absolute Gasteiger partial charge is 0.316 e. The van der Waals surface area contributed by atoms with E-state index in [0.29, 0.717) is 16.6 Å². The molecule has 0 saturated carbocycles. The molecular weight excluding hydrogens is 336 g/mol. The van der Waals surface area contributed by atoms with Crippen molar-refractivity contribution in [3.05, 3.63) is 69.7 Å². The van der Waals surface area contributed by atoms with Crippen LogP contribution in [0.3, 0.4) is 0 Å². The summed E-state index contributed by atoms with van der Waals surface area (Å²) in [5, 5.41) is 3.32. The summed E-state index contributed by atoms with van der Waals surface area (Å²) in [5.74, 6) is -0.293. The third-order valence-electron chi connectivity index (χ3n) is 4.16. The first kappa shape index (κ1) is 14.7. The third-order valence-corrected chi connectivity index (χ3v) is 4.80. The van der Waals surface area contributed by atoms with Crippen LogP contribution < -0.4 is 5.32 Å². The molecule has 0 spiro atoms. The molecule has 3 rings (SSSR count). The van der Waals surface area contributed by atoms with Gasteiger partial charge in [-0.15, -0.1) is 0 Å². The van der Waals surface area contributed by atoms with Crippen LogP contribution in [-0.4, -0.2) is 13.1 Å². The van der Waals surface area contributed by atoms with E-state index in [0.717, 1.165) is 18.5 Å². The summed E-state index contributed by atoms with van der Waals surface area (Å²) < 4.78 is 28.4. The summed E-state index contributed by atoms with van der Waals surface area (Å²) in [7, 11) is 0. The first-order valence-electron chi connectivity index (χ1n) is 7.07. The Bertz CT molecular complexity index is 644. The van der Waals surface area contributed by atoms with Gasteiger partial charge in [-0.2, -0.15) is 0 Å². The van der Waals surface area contributed by atoms with E-state index in [1.807, 2.05) is 18.2 Å². The second kappa shape index (κ2) is 6.24. The fraction of sp³-hybridized carbons (Fsp3) is 0.294. The highest BCUT2D eigenvalue weighted by molar-refractivity contribution is 9.10. The first-order chi connectivity index (χ1) is 10.2. The number of rotatable bonds is 2. The van der Waals surface area contributed by atoms with Gasteiger partial charge in [-0.1, -0.05) is 24.3 Å².